The first-order valence-electron chi connectivity index (χ1n) is 7.65. The number of aryl methyl sites for hydroxylation is 1. The van der Waals surface area contributed by atoms with Crippen LogP contribution in [-0.2, 0) is 7.05 Å². The molecular formula is C15H28ClN5. The predicted molar refractivity (Wildman–Crippen MR) is 87.8 cm³/mol. The topological polar surface area (TPSA) is 36.3 Å². The molecule has 0 saturated carbocycles. The SMILES string of the molecule is CNCC(c1ncn(C)c1Cl)N1CCN(C(C)(C)C)CC1. The monoisotopic (exact) mass is 313 g/mol. The zero-order valence-corrected chi connectivity index (χ0v) is 14.6. The zero-order chi connectivity index (χ0) is 15.6. The minimum Gasteiger partial charge on any atom is -0.325 e. The van der Waals surface area contributed by atoms with Crippen molar-refractivity contribution in [3.63, 3.8) is 0 Å². The lowest BCUT2D eigenvalue weighted by molar-refractivity contribution is 0.0411. The summed E-state index contributed by atoms with van der Waals surface area (Å²) in [6, 6.07) is 0.241. The van der Waals surface area contributed by atoms with Crippen LogP contribution >= 0.6 is 11.6 Å². The zero-order valence-electron chi connectivity index (χ0n) is 13.9. The molecule has 120 valence electrons. The number of nitrogens with one attached hydrogen (secondary N) is 1. The number of nitrogens with zero attached hydrogens (tertiary/aromatic N) is 4. The van der Waals surface area contributed by atoms with Gasteiger partial charge in [0.25, 0.3) is 0 Å². The fourth-order valence-electron chi connectivity index (χ4n) is 2.95. The summed E-state index contributed by atoms with van der Waals surface area (Å²) in [4.78, 5) is 9.55. The largest absolute Gasteiger partial charge is 0.325 e. The molecule has 1 saturated heterocycles. The Kier molecular flexibility index (Phi) is 5.30. The maximum absolute atomic E-state index is 6.40. The molecule has 6 heteroatoms. The average Bonchev–Trinajstić information content (AvgIpc) is 2.76. The molecule has 1 aliphatic rings. The van der Waals surface area contributed by atoms with Crippen molar-refractivity contribution in [1.82, 2.24) is 24.7 Å². The minimum absolute atomic E-state index is 0.241. The molecule has 0 amide bonds. The van der Waals surface area contributed by atoms with Crippen molar-refractivity contribution in [2.24, 2.45) is 7.05 Å². The quantitative estimate of drug-likeness (QED) is 0.919. The van der Waals surface area contributed by atoms with Crippen LogP contribution in [0.2, 0.25) is 5.15 Å². The normalized spacial score (nSPS) is 19.9. The number of hydrogen-bond donors (Lipinski definition) is 1. The number of imidazole rings is 1. The van der Waals surface area contributed by atoms with Crippen LogP contribution in [0.4, 0.5) is 0 Å². The highest BCUT2D eigenvalue weighted by Gasteiger charge is 2.31. The Morgan fingerprint density at radius 3 is 2.33 bits per heavy atom. The molecule has 1 aliphatic heterocycles. The number of likely N-dealkylation sites (N-methyl/N-ethyl adjacent to an activating group) is 1. The third-order valence-electron chi connectivity index (χ3n) is 4.31. The van der Waals surface area contributed by atoms with Crippen molar-refractivity contribution in [2.75, 3.05) is 39.8 Å². The van der Waals surface area contributed by atoms with E-state index in [1.807, 2.05) is 18.7 Å². The van der Waals surface area contributed by atoms with Crippen LogP contribution in [0.15, 0.2) is 6.33 Å². The standard InChI is InChI=1S/C15H28ClN5/c1-15(2,3)21-8-6-20(7-9-21)12(10-17-4)13-14(16)19(5)11-18-13/h11-12,17H,6-10H2,1-5H3. The van der Waals surface area contributed by atoms with Gasteiger partial charge in [-0.1, -0.05) is 11.6 Å². The second-order valence-corrected chi connectivity index (χ2v) is 7.16. The Bertz CT molecular complexity index is 457. The molecule has 1 unspecified atom stereocenters. The number of aromatic nitrogens is 2. The molecule has 0 spiro atoms. The molecule has 0 aliphatic carbocycles. The summed E-state index contributed by atoms with van der Waals surface area (Å²) < 4.78 is 1.88. The summed E-state index contributed by atoms with van der Waals surface area (Å²) in [5, 5.41) is 4.02. The van der Waals surface area contributed by atoms with Gasteiger partial charge in [0.2, 0.25) is 0 Å². The fourth-order valence-corrected chi connectivity index (χ4v) is 3.17. The number of rotatable bonds is 4. The minimum atomic E-state index is 0.241. The summed E-state index contributed by atoms with van der Waals surface area (Å²) in [5.74, 6) is 0. The van der Waals surface area contributed by atoms with Crippen LogP contribution in [0.5, 0.6) is 0 Å². The van der Waals surface area contributed by atoms with Crippen molar-refractivity contribution in [1.29, 1.82) is 0 Å². The van der Waals surface area contributed by atoms with Crippen molar-refractivity contribution in [2.45, 2.75) is 32.4 Å². The summed E-state index contributed by atoms with van der Waals surface area (Å²) in [6.07, 6.45) is 1.80. The van der Waals surface area contributed by atoms with E-state index in [0.717, 1.165) is 43.6 Å². The number of piperazine rings is 1. The Morgan fingerprint density at radius 2 is 1.90 bits per heavy atom. The second-order valence-electron chi connectivity index (χ2n) is 6.80. The first-order chi connectivity index (χ1) is 9.84. The van der Waals surface area contributed by atoms with Gasteiger partial charge in [0.15, 0.2) is 0 Å². The van der Waals surface area contributed by atoms with E-state index in [9.17, 15) is 0 Å². The van der Waals surface area contributed by atoms with Gasteiger partial charge in [0, 0.05) is 45.3 Å². The smallest absolute Gasteiger partial charge is 0.133 e. The molecule has 21 heavy (non-hydrogen) atoms. The highest BCUT2D eigenvalue weighted by atomic mass is 35.5. The lowest BCUT2D eigenvalue weighted by Gasteiger charge is -2.44. The maximum atomic E-state index is 6.40. The fraction of sp³-hybridized carbons (Fsp3) is 0.800. The van der Waals surface area contributed by atoms with Crippen LogP contribution in [-0.4, -0.2) is 64.7 Å². The van der Waals surface area contributed by atoms with Crippen LogP contribution in [0.1, 0.15) is 32.5 Å². The molecule has 0 aromatic carbocycles. The average molecular weight is 314 g/mol. The van der Waals surface area contributed by atoms with Crippen LogP contribution in [0.25, 0.3) is 0 Å². The second kappa shape index (κ2) is 6.65. The molecule has 1 aromatic heterocycles. The first-order valence-corrected chi connectivity index (χ1v) is 8.02. The van der Waals surface area contributed by atoms with Crippen molar-refractivity contribution in [3.8, 4) is 0 Å². The Labute approximate surface area is 133 Å². The van der Waals surface area contributed by atoms with Gasteiger partial charge in [0.05, 0.1) is 18.1 Å². The number of hydrogen-bond acceptors (Lipinski definition) is 4. The van der Waals surface area contributed by atoms with E-state index in [2.05, 4.69) is 40.9 Å². The molecule has 0 radical (unpaired) electrons. The maximum Gasteiger partial charge on any atom is 0.133 e. The predicted octanol–water partition coefficient (Wildman–Crippen LogP) is 1.75. The molecule has 1 aromatic rings. The van der Waals surface area contributed by atoms with Gasteiger partial charge in [-0.05, 0) is 27.8 Å². The van der Waals surface area contributed by atoms with Crippen molar-refractivity contribution >= 4 is 11.6 Å². The Hall–Kier alpha value is -0.620. The molecule has 2 rings (SSSR count). The first kappa shape index (κ1) is 16.7. The lowest BCUT2D eigenvalue weighted by Crippen LogP contribution is -2.54. The van der Waals surface area contributed by atoms with Crippen molar-refractivity contribution in [3.05, 3.63) is 17.2 Å². The molecule has 1 fully saturated rings. The Balaban J connectivity index is 2.09. The summed E-state index contributed by atoms with van der Waals surface area (Å²) in [6.45, 7) is 12.0. The summed E-state index contributed by atoms with van der Waals surface area (Å²) >= 11 is 6.40. The van der Waals surface area contributed by atoms with Crippen LogP contribution < -0.4 is 5.32 Å². The van der Waals surface area contributed by atoms with Gasteiger partial charge >= 0.3 is 0 Å². The Morgan fingerprint density at radius 1 is 1.29 bits per heavy atom. The highest BCUT2D eigenvalue weighted by Crippen LogP contribution is 2.27. The number of halogens is 1. The van der Waals surface area contributed by atoms with E-state index in [4.69, 9.17) is 11.6 Å². The molecule has 1 atom stereocenters. The molecular weight excluding hydrogens is 286 g/mol. The van der Waals surface area contributed by atoms with Gasteiger partial charge < -0.3 is 9.88 Å². The van der Waals surface area contributed by atoms with Gasteiger partial charge in [-0.25, -0.2) is 4.98 Å². The molecule has 2 heterocycles. The van der Waals surface area contributed by atoms with E-state index < -0.39 is 0 Å². The third-order valence-corrected chi connectivity index (χ3v) is 4.77. The van der Waals surface area contributed by atoms with E-state index in [0.29, 0.717) is 0 Å². The summed E-state index contributed by atoms with van der Waals surface area (Å²) in [5.41, 5.74) is 1.23. The van der Waals surface area contributed by atoms with Gasteiger partial charge in [-0.2, -0.15) is 0 Å². The van der Waals surface area contributed by atoms with Gasteiger partial charge in [-0.3, -0.25) is 9.80 Å². The summed E-state index contributed by atoms with van der Waals surface area (Å²) in [7, 11) is 3.92. The van der Waals surface area contributed by atoms with E-state index >= 15 is 0 Å². The molecule has 1 N–H and O–H groups in total. The van der Waals surface area contributed by atoms with Gasteiger partial charge in [0.1, 0.15) is 5.15 Å². The highest BCUT2D eigenvalue weighted by molar-refractivity contribution is 6.30. The van der Waals surface area contributed by atoms with E-state index in [1.54, 1.807) is 6.33 Å². The lowest BCUT2D eigenvalue weighted by atomic mass is 10.0. The van der Waals surface area contributed by atoms with E-state index in [1.165, 1.54) is 0 Å². The van der Waals surface area contributed by atoms with Gasteiger partial charge in [-0.15, -0.1) is 0 Å². The van der Waals surface area contributed by atoms with E-state index in [-0.39, 0.29) is 11.6 Å². The van der Waals surface area contributed by atoms with Crippen LogP contribution in [0.3, 0.4) is 0 Å². The van der Waals surface area contributed by atoms with Crippen LogP contribution in [0, 0.1) is 0 Å². The molecule has 0 bridgehead atoms. The molecule has 5 nitrogen and oxygen atoms in total. The van der Waals surface area contributed by atoms with Crippen molar-refractivity contribution < 1.29 is 0 Å². The third kappa shape index (κ3) is 3.77.